The Hall–Kier alpha value is -3.14. The van der Waals surface area contributed by atoms with Crippen LogP contribution in [-0.2, 0) is 4.79 Å². The van der Waals surface area contributed by atoms with Crippen molar-refractivity contribution in [3.8, 4) is 11.8 Å². The van der Waals surface area contributed by atoms with Crippen LogP contribution in [0.15, 0.2) is 43.0 Å². The van der Waals surface area contributed by atoms with Gasteiger partial charge in [0.25, 0.3) is 5.91 Å². The zero-order valence-corrected chi connectivity index (χ0v) is 12.3. The Morgan fingerprint density at radius 1 is 1.30 bits per heavy atom. The van der Waals surface area contributed by atoms with E-state index in [0.717, 1.165) is 5.69 Å². The molecule has 23 heavy (non-hydrogen) atoms. The number of amides is 2. The van der Waals surface area contributed by atoms with E-state index in [4.69, 9.17) is 5.26 Å². The fraction of sp³-hybridized carbons (Fsp3) is 0.250. The zero-order chi connectivity index (χ0) is 16.2. The summed E-state index contributed by atoms with van der Waals surface area (Å²) in [5.74, 6) is -0.543. The normalized spacial score (nSPS) is 14.0. The Morgan fingerprint density at radius 3 is 2.65 bits per heavy atom. The monoisotopic (exact) mass is 309 g/mol. The lowest BCUT2D eigenvalue weighted by Gasteiger charge is -2.35. The first-order valence-electron chi connectivity index (χ1n) is 7.21. The molecule has 2 aromatic rings. The molecule has 1 saturated heterocycles. The molecule has 0 saturated carbocycles. The van der Waals surface area contributed by atoms with Crippen LogP contribution in [0.25, 0.3) is 5.69 Å². The van der Waals surface area contributed by atoms with Gasteiger partial charge in [0.1, 0.15) is 0 Å². The number of nitrogens with one attached hydrogen (secondary N) is 1. The van der Waals surface area contributed by atoms with Crippen LogP contribution in [0.5, 0.6) is 0 Å². The van der Waals surface area contributed by atoms with Gasteiger partial charge in [-0.2, -0.15) is 5.26 Å². The maximum Gasteiger partial charge on any atom is 0.251 e. The van der Waals surface area contributed by atoms with Gasteiger partial charge in [-0.25, -0.2) is 4.98 Å². The molecule has 3 rings (SSSR count). The summed E-state index contributed by atoms with van der Waals surface area (Å²) in [6.45, 7) is 0.843. The second-order valence-corrected chi connectivity index (χ2v) is 5.32. The van der Waals surface area contributed by atoms with E-state index in [2.05, 4.69) is 16.4 Å². The Balaban J connectivity index is 1.52. The first kappa shape index (κ1) is 14.8. The van der Waals surface area contributed by atoms with Gasteiger partial charge in [0.15, 0.2) is 0 Å². The molecule has 0 unspecified atom stereocenters. The van der Waals surface area contributed by atoms with Crippen LogP contribution in [-0.4, -0.2) is 45.9 Å². The third kappa shape index (κ3) is 3.21. The first-order chi connectivity index (χ1) is 11.2. The number of hydrogen-bond acceptors (Lipinski definition) is 4. The summed E-state index contributed by atoms with van der Waals surface area (Å²) in [4.78, 5) is 29.4. The predicted molar refractivity (Wildman–Crippen MR) is 81.6 cm³/mol. The number of aromatic nitrogens is 2. The molecular weight excluding hydrogens is 294 g/mol. The number of imidazole rings is 1. The van der Waals surface area contributed by atoms with Crippen LogP contribution in [0.4, 0.5) is 0 Å². The van der Waals surface area contributed by atoms with E-state index in [9.17, 15) is 9.59 Å². The van der Waals surface area contributed by atoms with Crippen LogP contribution < -0.4 is 5.32 Å². The summed E-state index contributed by atoms with van der Waals surface area (Å²) < 4.78 is 1.83. The molecule has 2 amide bonds. The van der Waals surface area contributed by atoms with Gasteiger partial charge in [-0.1, -0.05) is 0 Å². The molecule has 0 spiro atoms. The van der Waals surface area contributed by atoms with Gasteiger partial charge >= 0.3 is 0 Å². The topological polar surface area (TPSA) is 91.0 Å². The average Bonchev–Trinajstić information content (AvgIpc) is 3.06. The minimum atomic E-state index is -0.298. The molecule has 1 aliphatic rings. The second kappa shape index (κ2) is 6.32. The standard InChI is InChI=1S/C16H15N5O2/c17-7-12-9-21(10-12)15(22)8-19-16(23)13-1-3-14(4-2-13)20-6-5-18-11-20/h1-6,11-12H,8-10H2,(H,19,23). The molecule has 1 fully saturated rings. The van der Waals surface area contributed by atoms with Crippen molar-refractivity contribution in [1.29, 1.82) is 5.26 Å². The van der Waals surface area contributed by atoms with Gasteiger partial charge in [-0.05, 0) is 24.3 Å². The summed E-state index contributed by atoms with van der Waals surface area (Å²) in [6, 6.07) is 9.13. The second-order valence-electron chi connectivity index (χ2n) is 5.32. The maximum absolute atomic E-state index is 12.0. The molecule has 7 nitrogen and oxygen atoms in total. The molecule has 0 aliphatic carbocycles. The van der Waals surface area contributed by atoms with E-state index in [0.29, 0.717) is 18.7 Å². The predicted octanol–water partition coefficient (Wildman–Crippen LogP) is 0.584. The number of nitrogens with zero attached hydrogens (tertiary/aromatic N) is 4. The highest BCUT2D eigenvalue weighted by molar-refractivity contribution is 5.96. The molecule has 1 N–H and O–H groups in total. The zero-order valence-electron chi connectivity index (χ0n) is 12.3. The van der Waals surface area contributed by atoms with E-state index >= 15 is 0 Å². The molecule has 2 heterocycles. The van der Waals surface area contributed by atoms with Crippen molar-refractivity contribution in [2.45, 2.75) is 0 Å². The minimum absolute atomic E-state index is 0.0553. The Morgan fingerprint density at radius 2 is 2.04 bits per heavy atom. The van der Waals surface area contributed by atoms with Gasteiger partial charge in [0.2, 0.25) is 5.91 Å². The first-order valence-corrected chi connectivity index (χ1v) is 7.21. The Labute approximate surface area is 133 Å². The highest BCUT2D eigenvalue weighted by Crippen LogP contribution is 2.14. The molecule has 0 bridgehead atoms. The van der Waals surface area contributed by atoms with E-state index in [-0.39, 0.29) is 24.3 Å². The molecule has 0 atom stereocenters. The third-order valence-corrected chi connectivity index (χ3v) is 3.75. The van der Waals surface area contributed by atoms with Gasteiger partial charge in [-0.3, -0.25) is 9.59 Å². The van der Waals surface area contributed by atoms with E-state index in [1.165, 1.54) is 0 Å². The van der Waals surface area contributed by atoms with Gasteiger partial charge < -0.3 is 14.8 Å². The van der Waals surface area contributed by atoms with Crippen molar-refractivity contribution in [2.24, 2.45) is 5.92 Å². The number of rotatable bonds is 4. The SMILES string of the molecule is N#CC1CN(C(=O)CNC(=O)c2ccc(-n3ccnc3)cc2)C1. The third-order valence-electron chi connectivity index (χ3n) is 3.75. The van der Waals surface area contributed by atoms with Crippen LogP contribution in [0.3, 0.4) is 0 Å². The van der Waals surface area contributed by atoms with Crippen molar-refractivity contribution in [1.82, 2.24) is 19.8 Å². The van der Waals surface area contributed by atoms with Gasteiger partial charge in [0, 0.05) is 36.7 Å². The lowest BCUT2D eigenvalue weighted by molar-refractivity contribution is -0.135. The minimum Gasteiger partial charge on any atom is -0.343 e. The fourth-order valence-electron chi connectivity index (χ4n) is 2.33. The number of carbonyl (C=O) groups is 2. The summed E-state index contributed by atoms with van der Waals surface area (Å²) >= 11 is 0. The average molecular weight is 309 g/mol. The lowest BCUT2D eigenvalue weighted by atomic mass is 10.0. The van der Waals surface area contributed by atoms with Crippen molar-refractivity contribution in [2.75, 3.05) is 19.6 Å². The number of carbonyl (C=O) groups excluding carboxylic acids is 2. The molecule has 1 aliphatic heterocycles. The summed E-state index contributed by atoms with van der Waals surface area (Å²) in [7, 11) is 0. The highest BCUT2D eigenvalue weighted by atomic mass is 16.2. The van der Waals surface area contributed by atoms with Crippen molar-refractivity contribution >= 4 is 11.8 Å². The molecule has 7 heteroatoms. The molecule has 1 aromatic carbocycles. The van der Waals surface area contributed by atoms with Crippen LogP contribution in [0.2, 0.25) is 0 Å². The number of hydrogen-bond donors (Lipinski definition) is 1. The summed E-state index contributed by atoms with van der Waals surface area (Å²) in [6.07, 6.45) is 5.17. The molecule has 1 aromatic heterocycles. The summed E-state index contributed by atoms with van der Waals surface area (Å²) in [5, 5.41) is 11.3. The molecule has 116 valence electrons. The van der Waals surface area contributed by atoms with Crippen LogP contribution in [0.1, 0.15) is 10.4 Å². The van der Waals surface area contributed by atoms with E-state index in [1.54, 1.807) is 29.6 Å². The largest absolute Gasteiger partial charge is 0.343 e. The van der Waals surface area contributed by atoms with Crippen molar-refractivity contribution in [3.63, 3.8) is 0 Å². The van der Waals surface area contributed by atoms with Crippen LogP contribution >= 0.6 is 0 Å². The quantitative estimate of drug-likeness (QED) is 0.894. The number of benzene rings is 1. The van der Waals surface area contributed by atoms with Crippen molar-refractivity contribution < 1.29 is 9.59 Å². The van der Waals surface area contributed by atoms with Gasteiger partial charge in [-0.15, -0.1) is 0 Å². The fourth-order valence-corrected chi connectivity index (χ4v) is 2.33. The number of likely N-dealkylation sites (tertiary alicyclic amines) is 1. The molecular formula is C16H15N5O2. The lowest BCUT2D eigenvalue weighted by Crippen LogP contribution is -2.52. The number of nitriles is 1. The highest BCUT2D eigenvalue weighted by Gasteiger charge is 2.30. The molecule has 0 radical (unpaired) electrons. The Kier molecular flexibility index (Phi) is 4.06. The smallest absolute Gasteiger partial charge is 0.251 e. The maximum atomic E-state index is 12.0. The summed E-state index contributed by atoms with van der Waals surface area (Å²) in [5.41, 5.74) is 1.39. The van der Waals surface area contributed by atoms with E-state index < -0.39 is 0 Å². The Bertz CT molecular complexity index is 740. The van der Waals surface area contributed by atoms with Crippen LogP contribution in [0, 0.1) is 17.2 Å². The van der Waals surface area contributed by atoms with E-state index in [1.807, 2.05) is 22.9 Å². The van der Waals surface area contributed by atoms with Crippen molar-refractivity contribution in [3.05, 3.63) is 48.5 Å². The van der Waals surface area contributed by atoms with Gasteiger partial charge in [0.05, 0.1) is 24.9 Å².